The van der Waals surface area contributed by atoms with Gasteiger partial charge in [-0.2, -0.15) is 0 Å². The van der Waals surface area contributed by atoms with E-state index in [9.17, 15) is 0 Å². The highest BCUT2D eigenvalue weighted by atomic mass is 35.5. The van der Waals surface area contributed by atoms with Crippen LogP contribution in [0.1, 0.15) is 37.3 Å². The van der Waals surface area contributed by atoms with Crippen LogP contribution in [0.5, 0.6) is 0 Å². The van der Waals surface area contributed by atoms with Crippen molar-refractivity contribution < 1.29 is 0 Å². The third-order valence-corrected chi connectivity index (χ3v) is 6.88. The summed E-state index contributed by atoms with van der Waals surface area (Å²) < 4.78 is 0. The first-order valence-electron chi connectivity index (χ1n) is 7.89. The van der Waals surface area contributed by atoms with Crippen molar-refractivity contribution >= 4 is 20.5 Å². The van der Waals surface area contributed by atoms with Crippen LogP contribution in [0.15, 0.2) is 24.3 Å². The fraction of sp³-hybridized carbons (Fsp3) is 0.647. The van der Waals surface area contributed by atoms with Crippen molar-refractivity contribution in [3.8, 4) is 0 Å². The molecule has 0 unspecified atom stereocenters. The van der Waals surface area contributed by atoms with Crippen molar-refractivity contribution in [2.75, 3.05) is 19.3 Å². The van der Waals surface area contributed by atoms with Crippen LogP contribution < -0.4 is 0 Å². The van der Waals surface area contributed by atoms with Gasteiger partial charge in [-0.1, -0.05) is 56.3 Å². The van der Waals surface area contributed by atoms with E-state index in [2.05, 4.69) is 49.2 Å². The van der Waals surface area contributed by atoms with E-state index in [-0.39, 0.29) is 12.4 Å². The molecule has 2 rings (SSSR count). The van der Waals surface area contributed by atoms with E-state index in [0.717, 1.165) is 6.42 Å². The van der Waals surface area contributed by atoms with Crippen LogP contribution >= 0.6 is 12.4 Å². The van der Waals surface area contributed by atoms with Gasteiger partial charge in [-0.05, 0) is 50.1 Å². The van der Waals surface area contributed by atoms with Crippen molar-refractivity contribution in [1.82, 2.24) is 4.90 Å². The molecule has 1 heterocycles. The summed E-state index contributed by atoms with van der Waals surface area (Å²) in [6.45, 7) is 10.0. The second kappa shape index (κ2) is 8.21. The Morgan fingerprint density at radius 3 is 2.05 bits per heavy atom. The molecular weight excluding hydrogens is 282 g/mol. The lowest BCUT2D eigenvalue weighted by Gasteiger charge is -2.34. The molecule has 1 saturated heterocycles. The van der Waals surface area contributed by atoms with Gasteiger partial charge >= 0.3 is 0 Å². The number of benzene rings is 1. The van der Waals surface area contributed by atoms with E-state index in [0.29, 0.717) is 0 Å². The maximum Gasteiger partial charge on any atom is 0.0672 e. The van der Waals surface area contributed by atoms with Crippen molar-refractivity contribution in [3.05, 3.63) is 35.4 Å². The highest BCUT2D eigenvalue weighted by molar-refractivity contribution is 6.77. The van der Waals surface area contributed by atoms with Crippen LogP contribution in [-0.2, 0) is 12.5 Å². The Morgan fingerprint density at radius 2 is 1.50 bits per heavy atom. The van der Waals surface area contributed by atoms with Gasteiger partial charge in [0, 0.05) is 0 Å². The summed E-state index contributed by atoms with van der Waals surface area (Å²) in [7, 11) is -1.13. The summed E-state index contributed by atoms with van der Waals surface area (Å²) in [5.74, 6) is 0. The summed E-state index contributed by atoms with van der Waals surface area (Å²) in [5.41, 5.74) is 3.00. The Labute approximate surface area is 132 Å². The molecule has 1 fully saturated rings. The van der Waals surface area contributed by atoms with Gasteiger partial charge in [0.2, 0.25) is 0 Å². The molecule has 1 aromatic rings. The second-order valence-corrected chi connectivity index (χ2v) is 11.8. The molecule has 0 N–H and O–H groups in total. The van der Waals surface area contributed by atoms with E-state index >= 15 is 0 Å². The van der Waals surface area contributed by atoms with Gasteiger partial charge < -0.3 is 4.90 Å². The van der Waals surface area contributed by atoms with E-state index in [1.807, 2.05) is 0 Å². The lowest BCUT2D eigenvalue weighted by atomic mass is 10.1. The Hall–Kier alpha value is -0.313. The van der Waals surface area contributed by atoms with Crippen LogP contribution in [-0.4, -0.2) is 32.2 Å². The topological polar surface area (TPSA) is 3.24 Å². The van der Waals surface area contributed by atoms with Gasteiger partial charge in [0.1, 0.15) is 0 Å². The minimum Gasteiger partial charge on any atom is -0.306 e. The largest absolute Gasteiger partial charge is 0.306 e. The van der Waals surface area contributed by atoms with Crippen molar-refractivity contribution in [2.45, 2.75) is 51.7 Å². The predicted octanol–water partition coefficient (Wildman–Crippen LogP) is 4.49. The zero-order valence-electron chi connectivity index (χ0n) is 13.3. The predicted molar refractivity (Wildman–Crippen MR) is 94.5 cm³/mol. The summed E-state index contributed by atoms with van der Waals surface area (Å²) in [6, 6.07) is 10.6. The molecule has 1 aliphatic heterocycles. The summed E-state index contributed by atoms with van der Waals surface area (Å²) in [4.78, 5) is 2.72. The first kappa shape index (κ1) is 17.7. The number of rotatable bonds is 5. The fourth-order valence-corrected chi connectivity index (χ4v) is 6.20. The molecule has 0 saturated carbocycles. The maximum atomic E-state index is 2.72. The smallest absolute Gasteiger partial charge is 0.0672 e. The Balaban J connectivity index is 0.00000200. The first-order valence-corrected chi connectivity index (χ1v) is 11.3. The number of nitrogens with zero attached hydrogens (tertiary/aromatic N) is 1. The molecule has 3 heteroatoms. The van der Waals surface area contributed by atoms with E-state index in [4.69, 9.17) is 0 Å². The van der Waals surface area contributed by atoms with Gasteiger partial charge in [-0.25, -0.2) is 0 Å². The van der Waals surface area contributed by atoms with E-state index in [1.54, 1.807) is 5.56 Å². The number of halogens is 1. The van der Waals surface area contributed by atoms with Crippen LogP contribution in [0.4, 0.5) is 0 Å². The lowest BCUT2D eigenvalue weighted by molar-refractivity contribution is 0.258. The summed E-state index contributed by atoms with van der Waals surface area (Å²) in [5, 5.41) is 0. The lowest BCUT2D eigenvalue weighted by Crippen LogP contribution is -2.46. The maximum absolute atomic E-state index is 2.72. The molecule has 0 aliphatic carbocycles. The molecule has 1 aromatic carbocycles. The molecule has 0 aromatic heterocycles. The van der Waals surface area contributed by atoms with Gasteiger partial charge in [0.25, 0.3) is 0 Å². The van der Waals surface area contributed by atoms with Gasteiger partial charge in [0.15, 0.2) is 0 Å². The third-order valence-electron chi connectivity index (χ3n) is 4.21. The van der Waals surface area contributed by atoms with Crippen molar-refractivity contribution in [2.24, 2.45) is 0 Å². The molecule has 0 atom stereocenters. The molecule has 114 valence electrons. The van der Waals surface area contributed by atoms with Crippen molar-refractivity contribution in [3.63, 3.8) is 0 Å². The van der Waals surface area contributed by atoms with Gasteiger partial charge in [0.05, 0.1) is 8.07 Å². The molecule has 1 nitrogen and oxygen atoms in total. The number of piperidine rings is 1. The standard InChI is InChI=1S/C17H29NSi.ClH/c1-4-16-8-10-17(11-9-16)14-19(2,3)15-18-12-6-5-7-13-18;/h8-11H,4-7,12-15H2,1-3H3;1H. The van der Waals surface area contributed by atoms with Crippen molar-refractivity contribution in [1.29, 1.82) is 0 Å². The average Bonchev–Trinajstić information content (AvgIpc) is 2.39. The quantitative estimate of drug-likeness (QED) is 0.724. The van der Waals surface area contributed by atoms with Crippen LogP contribution in [0.2, 0.25) is 13.1 Å². The highest BCUT2D eigenvalue weighted by Gasteiger charge is 2.25. The van der Waals surface area contributed by atoms with E-state index in [1.165, 1.54) is 50.1 Å². The monoisotopic (exact) mass is 311 g/mol. The molecule has 0 bridgehead atoms. The molecule has 0 amide bonds. The third kappa shape index (κ3) is 5.59. The Bertz CT molecular complexity index is 382. The molecular formula is C17H30ClNSi. The zero-order chi connectivity index (χ0) is 13.7. The van der Waals surface area contributed by atoms with Crippen LogP contribution in [0, 0.1) is 0 Å². The molecule has 0 radical (unpaired) electrons. The number of hydrogen-bond donors (Lipinski definition) is 0. The average molecular weight is 312 g/mol. The highest BCUT2D eigenvalue weighted by Crippen LogP contribution is 2.17. The van der Waals surface area contributed by atoms with Crippen LogP contribution in [0.3, 0.4) is 0 Å². The number of aryl methyl sites for hydroxylation is 1. The minimum absolute atomic E-state index is 0. The zero-order valence-corrected chi connectivity index (χ0v) is 15.1. The van der Waals surface area contributed by atoms with E-state index < -0.39 is 8.07 Å². The number of likely N-dealkylation sites (tertiary alicyclic amines) is 1. The fourth-order valence-electron chi connectivity index (χ4n) is 3.22. The Morgan fingerprint density at radius 1 is 0.950 bits per heavy atom. The molecule has 20 heavy (non-hydrogen) atoms. The van der Waals surface area contributed by atoms with Gasteiger partial charge in [-0.3, -0.25) is 0 Å². The first-order chi connectivity index (χ1) is 9.09. The minimum atomic E-state index is -1.13. The Kier molecular flexibility index (Phi) is 7.28. The van der Waals surface area contributed by atoms with Gasteiger partial charge in [-0.15, -0.1) is 12.4 Å². The summed E-state index contributed by atoms with van der Waals surface area (Å²) >= 11 is 0. The van der Waals surface area contributed by atoms with Crippen LogP contribution in [0.25, 0.3) is 0 Å². The molecule has 1 aliphatic rings. The SMILES string of the molecule is CCc1ccc(C[Si](C)(C)CN2CCCCC2)cc1.Cl. The normalized spacial score (nSPS) is 16.8. The molecule has 0 spiro atoms. The number of hydrogen-bond acceptors (Lipinski definition) is 1. The second-order valence-electron chi connectivity index (χ2n) is 6.85. The summed E-state index contributed by atoms with van der Waals surface area (Å²) in [6.07, 6.45) is 6.79.